The van der Waals surface area contributed by atoms with Crippen molar-refractivity contribution in [3.05, 3.63) is 58.2 Å². The standard InChI is InChI=1S/C22H23NO5/c1-13-7-14(2)22-17(8-13)21(25)16(11-28-22)9-15-5-6-18(19(10-15)26-4)27-12-20(24)23-3/h5-10H,11-12H2,1-4H3,(H,23,24). The number of methoxy groups -OCH3 is 1. The molecule has 3 rings (SSSR count). The Morgan fingerprint density at radius 1 is 1.21 bits per heavy atom. The van der Waals surface area contributed by atoms with Crippen LogP contribution in [-0.2, 0) is 4.79 Å². The number of ketones is 1. The van der Waals surface area contributed by atoms with Crippen molar-refractivity contribution in [1.29, 1.82) is 0 Å². The summed E-state index contributed by atoms with van der Waals surface area (Å²) in [6.07, 6.45) is 1.79. The summed E-state index contributed by atoms with van der Waals surface area (Å²) in [4.78, 5) is 24.3. The number of likely N-dealkylation sites (N-methyl/N-ethyl adjacent to an activating group) is 1. The van der Waals surface area contributed by atoms with E-state index in [9.17, 15) is 9.59 Å². The summed E-state index contributed by atoms with van der Waals surface area (Å²) in [5, 5.41) is 2.49. The Morgan fingerprint density at radius 2 is 2.00 bits per heavy atom. The number of rotatable bonds is 5. The highest BCUT2D eigenvalue weighted by Gasteiger charge is 2.25. The number of Topliss-reactive ketones (excluding diaryl/α,β-unsaturated/α-hetero) is 1. The second kappa shape index (κ2) is 8.17. The molecule has 28 heavy (non-hydrogen) atoms. The van der Waals surface area contributed by atoms with E-state index in [0.717, 1.165) is 16.7 Å². The molecule has 2 aromatic rings. The normalized spacial score (nSPS) is 14.3. The zero-order valence-corrected chi connectivity index (χ0v) is 16.4. The lowest BCUT2D eigenvalue weighted by Gasteiger charge is -2.21. The number of amides is 1. The summed E-state index contributed by atoms with van der Waals surface area (Å²) >= 11 is 0. The molecule has 1 aliphatic rings. The van der Waals surface area contributed by atoms with Crippen molar-refractivity contribution in [3.8, 4) is 17.2 Å². The van der Waals surface area contributed by atoms with Gasteiger partial charge in [-0.05, 0) is 54.8 Å². The molecule has 0 bridgehead atoms. The number of hydrogen-bond donors (Lipinski definition) is 1. The van der Waals surface area contributed by atoms with Gasteiger partial charge in [-0.25, -0.2) is 0 Å². The molecule has 1 aliphatic heterocycles. The van der Waals surface area contributed by atoms with E-state index in [0.29, 0.717) is 28.4 Å². The fourth-order valence-electron chi connectivity index (χ4n) is 3.12. The largest absolute Gasteiger partial charge is 0.493 e. The average molecular weight is 381 g/mol. The number of nitrogens with one attached hydrogen (secondary N) is 1. The van der Waals surface area contributed by atoms with Gasteiger partial charge in [0.1, 0.15) is 12.4 Å². The van der Waals surface area contributed by atoms with Crippen LogP contribution in [-0.4, -0.2) is 39.1 Å². The zero-order valence-electron chi connectivity index (χ0n) is 16.4. The van der Waals surface area contributed by atoms with Crippen molar-refractivity contribution in [1.82, 2.24) is 5.32 Å². The molecule has 1 heterocycles. The van der Waals surface area contributed by atoms with Crippen molar-refractivity contribution < 1.29 is 23.8 Å². The summed E-state index contributed by atoms with van der Waals surface area (Å²) in [5.41, 5.74) is 3.92. The predicted octanol–water partition coefficient (Wildman–Crippen LogP) is 3.10. The Morgan fingerprint density at radius 3 is 2.71 bits per heavy atom. The van der Waals surface area contributed by atoms with Gasteiger partial charge in [0.15, 0.2) is 23.9 Å². The molecule has 0 saturated heterocycles. The van der Waals surface area contributed by atoms with Crippen LogP contribution in [0.3, 0.4) is 0 Å². The highest BCUT2D eigenvalue weighted by atomic mass is 16.5. The monoisotopic (exact) mass is 381 g/mol. The first-order chi connectivity index (χ1) is 13.4. The van der Waals surface area contributed by atoms with Crippen molar-refractivity contribution in [2.45, 2.75) is 13.8 Å². The maximum atomic E-state index is 12.9. The molecule has 1 N–H and O–H groups in total. The Kier molecular flexibility index (Phi) is 5.68. The van der Waals surface area contributed by atoms with Crippen LogP contribution in [0, 0.1) is 13.8 Å². The molecule has 0 aromatic heterocycles. The summed E-state index contributed by atoms with van der Waals surface area (Å²) in [6.45, 7) is 4.01. The van der Waals surface area contributed by atoms with Gasteiger partial charge in [-0.15, -0.1) is 0 Å². The zero-order chi connectivity index (χ0) is 20.3. The number of carbonyl (C=O) groups excluding carboxylic acids is 2. The van der Waals surface area contributed by atoms with Crippen molar-refractivity contribution in [2.24, 2.45) is 0 Å². The summed E-state index contributed by atoms with van der Waals surface area (Å²) in [5.74, 6) is 1.32. The van der Waals surface area contributed by atoms with Gasteiger partial charge in [0.05, 0.1) is 12.7 Å². The fourth-order valence-corrected chi connectivity index (χ4v) is 3.12. The van der Waals surface area contributed by atoms with Crippen LogP contribution >= 0.6 is 0 Å². The molecule has 0 spiro atoms. The first-order valence-electron chi connectivity index (χ1n) is 8.93. The molecule has 0 atom stereocenters. The van der Waals surface area contributed by atoms with Crippen LogP contribution in [0.15, 0.2) is 35.9 Å². The van der Waals surface area contributed by atoms with Gasteiger partial charge in [-0.2, -0.15) is 0 Å². The Bertz CT molecular complexity index is 962. The predicted molar refractivity (Wildman–Crippen MR) is 106 cm³/mol. The number of benzene rings is 2. The van der Waals surface area contributed by atoms with Crippen LogP contribution in [0.4, 0.5) is 0 Å². The minimum atomic E-state index is -0.234. The smallest absolute Gasteiger partial charge is 0.257 e. The molecule has 6 nitrogen and oxygen atoms in total. The SMILES string of the molecule is CNC(=O)COc1ccc(C=C2COc3c(C)cc(C)cc3C2=O)cc1OC. The average Bonchev–Trinajstić information content (AvgIpc) is 2.68. The van der Waals surface area contributed by atoms with Crippen LogP contribution in [0.5, 0.6) is 17.2 Å². The second-order valence-corrected chi connectivity index (χ2v) is 6.62. The van der Waals surface area contributed by atoms with E-state index in [-0.39, 0.29) is 24.9 Å². The number of carbonyl (C=O) groups is 2. The molecule has 0 unspecified atom stereocenters. The van der Waals surface area contributed by atoms with Gasteiger partial charge in [0.2, 0.25) is 0 Å². The molecule has 0 saturated carbocycles. The summed E-state index contributed by atoms with van der Waals surface area (Å²) in [7, 11) is 3.07. The minimum absolute atomic E-state index is 0.0352. The van der Waals surface area contributed by atoms with Crippen LogP contribution < -0.4 is 19.5 Å². The molecule has 6 heteroatoms. The molecular weight excluding hydrogens is 358 g/mol. The molecule has 2 aromatic carbocycles. The molecule has 146 valence electrons. The van der Waals surface area contributed by atoms with E-state index in [1.165, 1.54) is 7.11 Å². The van der Waals surface area contributed by atoms with Crippen LogP contribution in [0.2, 0.25) is 0 Å². The van der Waals surface area contributed by atoms with Crippen molar-refractivity contribution in [3.63, 3.8) is 0 Å². The van der Waals surface area contributed by atoms with Crippen molar-refractivity contribution in [2.75, 3.05) is 27.4 Å². The molecule has 1 amide bonds. The van der Waals surface area contributed by atoms with Gasteiger partial charge in [0.25, 0.3) is 5.91 Å². The number of aryl methyl sites for hydroxylation is 2. The quantitative estimate of drug-likeness (QED) is 0.806. The minimum Gasteiger partial charge on any atom is -0.493 e. The third-order valence-electron chi connectivity index (χ3n) is 4.49. The summed E-state index contributed by atoms with van der Waals surface area (Å²) < 4.78 is 16.7. The lowest BCUT2D eigenvalue weighted by Crippen LogP contribution is -2.24. The maximum Gasteiger partial charge on any atom is 0.257 e. The van der Waals surface area contributed by atoms with E-state index in [2.05, 4.69) is 5.32 Å². The van der Waals surface area contributed by atoms with E-state index >= 15 is 0 Å². The van der Waals surface area contributed by atoms with Gasteiger partial charge in [-0.1, -0.05) is 12.1 Å². The molecular formula is C22H23NO5. The van der Waals surface area contributed by atoms with Gasteiger partial charge in [0, 0.05) is 12.6 Å². The number of fused-ring (bicyclic) bond motifs is 1. The Hall–Kier alpha value is -3.28. The first-order valence-corrected chi connectivity index (χ1v) is 8.93. The van der Waals surface area contributed by atoms with E-state index in [4.69, 9.17) is 14.2 Å². The Balaban J connectivity index is 1.87. The topological polar surface area (TPSA) is 73.9 Å². The van der Waals surface area contributed by atoms with E-state index < -0.39 is 0 Å². The molecule has 0 aliphatic carbocycles. The van der Waals surface area contributed by atoms with Crippen molar-refractivity contribution >= 4 is 17.8 Å². The van der Waals surface area contributed by atoms with Gasteiger partial charge in [-0.3, -0.25) is 9.59 Å². The number of ether oxygens (including phenoxy) is 3. The molecule has 0 radical (unpaired) electrons. The Labute approximate surface area is 164 Å². The number of hydrogen-bond acceptors (Lipinski definition) is 5. The van der Waals surface area contributed by atoms with Gasteiger partial charge >= 0.3 is 0 Å². The third kappa shape index (κ3) is 4.01. The highest BCUT2D eigenvalue weighted by molar-refractivity contribution is 6.14. The van der Waals surface area contributed by atoms with E-state index in [1.807, 2.05) is 26.0 Å². The summed E-state index contributed by atoms with van der Waals surface area (Å²) in [6, 6.07) is 9.14. The highest BCUT2D eigenvalue weighted by Crippen LogP contribution is 2.33. The van der Waals surface area contributed by atoms with Crippen LogP contribution in [0.1, 0.15) is 27.0 Å². The van der Waals surface area contributed by atoms with E-state index in [1.54, 1.807) is 31.3 Å². The lowest BCUT2D eigenvalue weighted by molar-refractivity contribution is -0.122. The van der Waals surface area contributed by atoms with Crippen LogP contribution in [0.25, 0.3) is 6.08 Å². The van der Waals surface area contributed by atoms with Gasteiger partial charge < -0.3 is 19.5 Å². The first kappa shape index (κ1) is 19.5. The third-order valence-corrected chi connectivity index (χ3v) is 4.49. The fraction of sp³-hybridized carbons (Fsp3) is 0.273. The molecule has 0 fully saturated rings. The lowest BCUT2D eigenvalue weighted by atomic mass is 9.95. The maximum absolute atomic E-state index is 12.9. The second-order valence-electron chi connectivity index (χ2n) is 6.62.